The van der Waals surface area contributed by atoms with Crippen LogP contribution in [0.2, 0.25) is 0 Å². The first kappa shape index (κ1) is 20.4. The maximum atomic E-state index is 12.8. The molecule has 2 aromatic carbocycles. The Bertz CT molecular complexity index is 956. The molecule has 1 amide bonds. The van der Waals surface area contributed by atoms with Gasteiger partial charge in [-0.3, -0.25) is 9.52 Å². The number of carbonyl (C=O) groups is 2. The molecule has 0 aliphatic rings. The molecule has 0 saturated carbocycles. The van der Waals surface area contributed by atoms with Crippen LogP contribution in [-0.2, 0) is 14.8 Å². The summed E-state index contributed by atoms with van der Waals surface area (Å²) in [6.07, 6.45) is 0. The third-order valence-electron chi connectivity index (χ3n) is 3.73. The van der Waals surface area contributed by atoms with Crippen molar-refractivity contribution in [2.75, 3.05) is 25.0 Å². The first-order chi connectivity index (χ1) is 12.8. The van der Waals surface area contributed by atoms with Gasteiger partial charge in [0.15, 0.2) is 0 Å². The van der Waals surface area contributed by atoms with Crippen LogP contribution in [0.1, 0.15) is 26.3 Å². The number of amides is 1. The van der Waals surface area contributed by atoms with Crippen molar-refractivity contribution in [2.45, 2.75) is 11.8 Å². The zero-order valence-electron chi connectivity index (χ0n) is 14.9. The summed E-state index contributed by atoms with van der Waals surface area (Å²) in [5.41, 5.74) is 0.470. The van der Waals surface area contributed by atoms with E-state index >= 15 is 0 Å². The predicted octanol–water partition coefficient (Wildman–Crippen LogP) is 1.87. The zero-order chi connectivity index (χ0) is 20.0. The third-order valence-corrected chi connectivity index (χ3v) is 5.24. The lowest BCUT2D eigenvalue weighted by atomic mass is 10.1. The molecule has 8 nitrogen and oxygen atoms in total. The van der Waals surface area contributed by atoms with Crippen molar-refractivity contribution in [1.29, 1.82) is 0 Å². The van der Waals surface area contributed by atoms with E-state index in [0.717, 1.165) is 6.07 Å². The van der Waals surface area contributed by atoms with Crippen LogP contribution in [0, 0.1) is 6.92 Å². The topological polar surface area (TPSA) is 122 Å². The summed E-state index contributed by atoms with van der Waals surface area (Å²) in [6.45, 7) is 2.15. The van der Waals surface area contributed by atoms with Crippen LogP contribution in [0.15, 0.2) is 47.4 Å². The van der Waals surface area contributed by atoms with E-state index in [9.17, 15) is 18.0 Å². The number of para-hydroxylation sites is 1. The van der Waals surface area contributed by atoms with E-state index in [4.69, 9.17) is 9.84 Å². The van der Waals surface area contributed by atoms with Gasteiger partial charge in [-0.05, 0) is 36.8 Å². The second kappa shape index (κ2) is 8.65. The number of nitrogens with one attached hydrogen (secondary N) is 2. The van der Waals surface area contributed by atoms with Crippen molar-refractivity contribution in [3.8, 4) is 0 Å². The summed E-state index contributed by atoms with van der Waals surface area (Å²) < 4.78 is 32.8. The van der Waals surface area contributed by atoms with Crippen molar-refractivity contribution < 1.29 is 27.9 Å². The number of hydrogen-bond acceptors (Lipinski definition) is 5. The molecule has 0 aliphatic carbocycles. The fraction of sp³-hybridized carbons (Fsp3) is 0.222. The highest BCUT2D eigenvalue weighted by Gasteiger charge is 2.21. The highest BCUT2D eigenvalue weighted by molar-refractivity contribution is 7.92. The highest BCUT2D eigenvalue weighted by atomic mass is 32.2. The van der Waals surface area contributed by atoms with Crippen LogP contribution in [0.3, 0.4) is 0 Å². The van der Waals surface area contributed by atoms with Gasteiger partial charge in [0.05, 0.1) is 28.3 Å². The van der Waals surface area contributed by atoms with Gasteiger partial charge in [-0.2, -0.15) is 0 Å². The number of benzene rings is 2. The monoisotopic (exact) mass is 392 g/mol. The normalized spacial score (nSPS) is 11.0. The van der Waals surface area contributed by atoms with Gasteiger partial charge >= 0.3 is 5.97 Å². The average Bonchev–Trinajstić information content (AvgIpc) is 2.62. The fourth-order valence-electron chi connectivity index (χ4n) is 2.35. The van der Waals surface area contributed by atoms with E-state index in [0.29, 0.717) is 12.2 Å². The molecular formula is C18H20N2O6S. The number of aryl methyl sites for hydroxylation is 1. The number of hydrogen-bond donors (Lipinski definition) is 3. The first-order valence-electron chi connectivity index (χ1n) is 7.99. The van der Waals surface area contributed by atoms with E-state index in [-0.39, 0.29) is 28.3 Å². The Balaban J connectivity index is 2.35. The van der Waals surface area contributed by atoms with Gasteiger partial charge in [0.25, 0.3) is 15.9 Å². The van der Waals surface area contributed by atoms with Gasteiger partial charge in [0, 0.05) is 13.7 Å². The van der Waals surface area contributed by atoms with Crippen LogP contribution in [0.5, 0.6) is 0 Å². The lowest BCUT2D eigenvalue weighted by molar-refractivity contribution is 0.0696. The smallest absolute Gasteiger partial charge is 0.335 e. The van der Waals surface area contributed by atoms with E-state index in [1.165, 1.54) is 31.4 Å². The Morgan fingerprint density at radius 1 is 1.15 bits per heavy atom. The Kier molecular flexibility index (Phi) is 6.54. The summed E-state index contributed by atoms with van der Waals surface area (Å²) in [7, 11) is -2.60. The quantitative estimate of drug-likeness (QED) is 0.590. The molecule has 2 aromatic rings. The first-order valence-corrected chi connectivity index (χ1v) is 9.47. The van der Waals surface area contributed by atoms with Crippen LogP contribution < -0.4 is 10.0 Å². The number of rotatable bonds is 8. The minimum atomic E-state index is -4.10. The fourth-order valence-corrected chi connectivity index (χ4v) is 3.71. The minimum Gasteiger partial charge on any atom is -0.478 e. The van der Waals surface area contributed by atoms with E-state index in [1.54, 1.807) is 19.1 Å². The zero-order valence-corrected chi connectivity index (χ0v) is 15.7. The molecule has 0 aromatic heterocycles. The number of sulfonamides is 1. The lowest BCUT2D eigenvalue weighted by Gasteiger charge is -2.14. The molecule has 0 atom stereocenters. The second-order valence-corrected chi connectivity index (χ2v) is 7.34. The number of carboxylic acids is 1. The van der Waals surface area contributed by atoms with Gasteiger partial charge in [-0.15, -0.1) is 0 Å². The lowest BCUT2D eigenvalue weighted by Crippen LogP contribution is -2.28. The molecule has 2 rings (SSSR count). The molecule has 144 valence electrons. The molecule has 0 saturated heterocycles. The van der Waals surface area contributed by atoms with Crippen LogP contribution in [-0.4, -0.2) is 45.7 Å². The van der Waals surface area contributed by atoms with Crippen molar-refractivity contribution in [3.05, 3.63) is 59.2 Å². The molecule has 0 spiro atoms. The Morgan fingerprint density at radius 3 is 2.52 bits per heavy atom. The Labute approximate surface area is 157 Å². The molecule has 0 fully saturated rings. The van der Waals surface area contributed by atoms with E-state index in [2.05, 4.69) is 10.0 Å². The van der Waals surface area contributed by atoms with Crippen molar-refractivity contribution in [2.24, 2.45) is 0 Å². The van der Waals surface area contributed by atoms with Gasteiger partial charge < -0.3 is 15.2 Å². The highest BCUT2D eigenvalue weighted by Crippen LogP contribution is 2.23. The van der Waals surface area contributed by atoms with Gasteiger partial charge in [0.1, 0.15) is 0 Å². The largest absolute Gasteiger partial charge is 0.478 e. The number of methoxy groups -OCH3 is 1. The second-order valence-electron chi connectivity index (χ2n) is 5.69. The van der Waals surface area contributed by atoms with E-state index in [1.807, 2.05) is 0 Å². The summed E-state index contributed by atoms with van der Waals surface area (Å²) in [5.74, 6) is -1.69. The number of carbonyl (C=O) groups excluding carboxylic acids is 1. The molecule has 0 unspecified atom stereocenters. The summed E-state index contributed by atoms with van der Waals surface area (Å²) in [5, 5.41) is 11.7. The Hall–Kier alpha value is -2.91. The maximum absolute atomic E-state index is 12.8. The minimum absolute atomic E-state index is 0.0903. The van der Waals surface area contributed by atoms with Crippen LogP contribution in [0.4, 0.5) is 5.69 Å². The van der Waals surface area contributed by atoms with Crippen molar-refractivity contribution in [1.82, 2.24) is 5.32 Å². The van der Waals surface area contributed by atoms with Crippen molar-refractivity contribution in [3.63, 3.8) is 0 Å². The molecular weight excluding hydrogens is 372 g/mol. The molecule has 27 heavy (non-hydrogen) atoms. The molecule has 0 radical (unpaired) electrons. The maximum Gasteiger partial charge on any atom is 0.335 e. The Morgan fingerprint density at radius 2 is 1.85 bits per heavy atom. The average molecular weight is 392 g/mol. The number of carboxylic acid groups (broad SMARTS) is 1. The van der Waals surface area contributed by atoms with Crippen LogP contribution in [0.25, 0.3) is 0 Å². The standard InChI is InChI=1S/C18H20N2O6S/c1-12-7-8-13(18(22)23)11-16(12)27(24,25)20-15-6-4-3-5-14(15)17(21)19-9-10-26-2/h3-8,11,20H,9-10H2,1-2H3,(H,19,21)(H,22,23). The number of ether oxygens (including phenoxy) is 1. The third kappa shape index (κ3) is 5.05. The summed E-state index contributed by atoms with van der Waals surface area (Å²) in [6, 6.07) is 9.97. The van der Waals surface area contributed by atoms with Gasteiger partial charge in [-0.25, -0.2) is 13.2 Å². The number of aromatic carboxylic acids is 1. The predicted molar refractivity (Wildman–Crippen MR) is 99.6 cm³/mol. The molecule has 0 heterocycles. The van der Waals surface area contributed by atoms with Gasteiger partial charge in [0.2, 0.25) is 0 Å². The number of anilines is 1. The summed E-state index contributed by atoms with van der Waals surface area (Å²) in [4.78, 5) is 23.3. The molecule has 0 aliphatic heterocycles. The molecule has 9 heteroatoms. The van der Waals surface area contributed by atoms with E-state index < -0.39 is 21.9 Å². The van der Waals surface area contributed by atoms with Crippen molar-refractivity contribution >= 4 is 27.6 Å². The molecule has 3 N–H and O–H groups in total. The van der Waals surface area contributed by atoms with Gasteiger partial charge in [-0.1, -0.05) is 18.2 Å². The van der Waals surface area contributed by atoms with Crippen LogP contribution >= 0.6 is 0 Å². The SMILES string of the molecule is COCCNC(=O)c1ccccc1NS(=O)(=O)c1cc(C(=O)O)ccc1C. The molecule has 0 bridgehead atoms. The summed E-state index contributed by atoms with van der Waals surface area (Å²) >= 11 is 0.